The normalized spacial score (nSPS) is 15.5. The number of rotatable bonds is 4. The van der Waals surface area contributed by atoms with Crippen LogP contribution in [0.4, 0.5) is 0 Å². The van der Waals surface area contributed by atoms with Gasteiger partial charge in [-0.3, -0.25) is 0 Å². The third-order valence-corrected chi connectivity index (χ3v) is 5.63. The van der Waals surface area contributed by atoms with Gasteiger partial charge in [0.2, 0.25) is 0 Å². The quantitative estimate of drug-likeness (QED) is 0.648. The van der Waals surface area contributed by atoms with Gasteiger partial charge in [-0.1, -0.05) is 13.8 Å². The predicted molar refractivity (Wildman–Crippen MR) is 48.4 cm³/mol. The Labute approximate surface area is 70.1 Å². The van der Waals surface area contributed by atoms with Crippen molar-refractivity contribution in [3.63, 3.8) is 0 Å². The van der Waals surface area contributed by atoms with Crippen molar-refractivity contribution in [3.05, 3.63) is 0 Å². The van der Waals surface area contributed by atoms with Gasteiger partial charge in [0.1, 0.15) is 0 Å². The van der Waals surface area contributed by atoms with Gasteiger partial charge < -0.3 is 14.6 Å². The first-order valence-electron chi connectivity index (χ1n) is 3.83. The van der Waals surface area contributed by atoms with Crippen molar-refractivity contribution in [2.75, 3.05) is 14.2 Å². The maximum atomic E-state index is 5.93. The van der Waals surface area contributed by atoms with Gasteiger partial charge in [-0.05, 0) is 12.5 Å². The Morgan fingerprint density at radius 2 is 1.55 bits per heavy atom. The lowest BCUT2D eigenvalue weighted by molar-refractivity contribution is 0.228. The minimum atomic E-state index is -2.09. The van der Waals surface area contributed by atoms with Crippen LogP contribution in [0.3, 0.4) is 0 Å². The summed E-state index contributed by atoms with van der Waals surface area (Å²) in [7, 11) is 1.24. The Morgan fingerprint density at radius 3 is 1.64 bits per heavy atom. The van der Waals surface area contributed by atoms with Gasteiger partial charge in [0.05, 0.1) is 5.67 Å². The van der Waals surface area contributed by atoms with E-state index in [0.29, 0.717) is 5.92 Å². The van der Waals surface area contributed by atoms with E-state index in [2.05, 4.69) is 13.8 Å². The monoisotopic (exact) mass is 177 g/mol. The minimum Gasteiger partial charge on any atom is -0.397 e. The van der Waals surface area contributed by atoms with E-state index in [9.17, 15) is 0 Å². The first-order valence-corrected chi connectivity index (χ1v) is 6.23. The fourth-order valence-corrected chi connectivity index (χ4v) is 2.88. The van der Waals surface area contributed by atoms with Crippen molar-refractivity contribution < 1.29 is 8.85 Å². The summed E-state index contributed by atoms with van der Waals surface area (Å²) in [6, 6.07) is 0. The van der Waals surface area contributed by atoms with Gasteiger partial charge in [0.15, 0.2) is 0 Å². The van der Waals surface area contributed by atoms with Crippen molar-refractivity contribution in [2.45, 2.75) is 26.1 Å². The molecule has 4 heteroatoms. The second kappa shape index (κ2) is 4.20. The second-order valence-corrected chi connectivity index (χ2v) is 6.71. The van der Waals surface area contributed by atoms with Gasteiger partial charge in [-0.2, -0.15) is 0 Å². The van der Waals surface area contributed by atoms with E-state index in [-0.39, 0.29) is 5.67 Å². The number of nitrogens with two attached hydrogens (primary N) is 1. The third kappa shape index (κ3) is 2.55. The van der Waals surface area contributed by atoms with Crippen molar-refractivity contribution >= 4 is 8.56 Å². The molecule has 0 bridgehead atoms. The van der Waals surface area contributed by atoms with E-state index in [1.165, 1.54) is 0 Å². The Balaban J connectivity index is 4.24. The van der Waals surface area contributed by atoms with Crippen molar-refractivity contribution in [3.8, 4) is 0 Å². The SMILES string of the molecule is CO[Si](C)(OC)C(N)C(C)C. The van der Waals surface area contributed by atoms with Crippen LogP contribution in [0.15, 0.2) is 0 Å². The van der Waals surface area contributed by atoms with Gasteiger partial charge in [-0.15, -0.1) is 0 Å². The molecule has 1 unspecified atom stereocenters. The molecule has 0 spiro atoms. The smallest absolute Gasteiger partial charge is 0.351 e. The third-order valence-electron chi connectivity index (χ3n) is 2.13. The second-order valence-electron chi connectivity index (χ2n) is 3.19. The first kappa shape index (κ1) is 11.1. The van der Waals surface area contributed by atoms with Gasteiger partial charge >= 0.3 is 8.56 Å². The summed E-state index contributed by atoms with van der Waals surface area (Å²) in [6.07, 6.45) is 0. The molecule has 3 nitrogen and oxygen atoms in total. The molecule has 0 saturated carbocycles. The summed E-state index contributed by atoms with van der Waals surface area (Å²) >= 11 is 0. The molecule has 0 aliphatic heterocycles. The predicted octanol–water partition coefficient (Wildman–Crippen LogP) is 0.874. The van der Waals surface area contributed by atoms with Crippen LogP contribution in [0.1, 0.15) is 13.8 Å². The topological polar surface area (TPSA) is 44.5 Å². The van der Waals surface area contributed by atoms with E-state index in [1.807, 2.05) is 6.55 Å². The zero-order valence-electron chi connectivity index (χ0n) is 8.05. The van der Waals surface area contributed by atoms with Crippen LogP contribution in [0, 0.1) is 5.92 Å². The van der Waals surface area contributed by atoms with Crippen LogP contribution in [0.25, 0.3) is 0 Å². The summed E-state index contributed by atoms with van der Waals surface area (Å²) in [4.78, 5) is 0. The van der Waals surface area contributed by atoms with Crippen LogP contribution in [0.5, 0.6) is 0 Å². The molecule has 2 N–H and O–H groups in total. The highest BCUT2D eigenvalue weighted by Crippen LogP contribution is 2.14. The lowest BCUT2D eigenvalue weighted by Gasteiger charge is -2.31. The van der Waals surface area contributed by atoms with Gasteiger partial charge in [0, 0.05) is 14.2 Å². The highest BCUT2D eigenvalue weighted by Gasteiger charge is 2.38. The van der Waals surface area contributed by atoms with E-state index >= 15 is 0 Å². The van der Waals surface area contributed by atoms with E-state index in [4.69, 9.17) is 14.6 Å². The van der Waals surface area contributed by atoms with Crippen molar-refractivity contribution in [1.82, 2.24) is 0 Å². The molecule has 0 rings (SSSR count). The molecule has 0 fully saturated rings. The van der Waals surface area contributed by atoms with Crippen LogP contribution < -0.4 is 5.73 Å². The summed E-state index contributed by atoms with van der Waals surface area (Å²) in [5.41, 5.74) is 5.97. The Bertz CT molecular complexity index is 115. The Kier molecular flexibility index (Phi) is 4.24. The maximum absolute atomic E-state index is 5.93. The molecule has 0 radical (unpaired) electrons. The molecule has 0 aliphatic rings. The largest absolute Gasteiger partial charge is 0.397 e. The molecule has 0 aromatic rings. The summed E-state index contributed by atoms with van der Waals surface area (Å²) in [5.74, 6) is 0.409. The highest BCUT2D eigenvalue weighted by atomic mass is 28.4. The maximum Gasteiger partial charge on any atom is 0.351 e. The van der Waals surface area contributed by atoms with E-state index in [0.717, 1.165) is 0 Å². The van der Waals surface area contributed by atoms with E-state index in [1.54, 1.807) is 14.2 Å². The van der Waals surface area contributed by atoms with Crippen LogP contribution in [-0.4, -0.2) is 28.4 Å². The van der Waals surface area contributed by atoms with Crippen LogP contribution >= 0.6 is 0 Å². The van der Waals surface area contributed by atoms with Crippen LogP contribution in [-0.2, 0) is 8.85 Å². The summed E-state index contributed by atoms with van der Waals surface area (Å²) in [5, 5.41) is 0. The Morgan fingerprint density at radius 1 is 1.18 bits per heavy atom. The van der Waals surface area contributed by atoms with E-state index < -0.39 is 8.56 Å². The first-order chi connectivity index (χ1) is 4.98. The standard InChI is InChI=1S/C7H19NO2Si/c1-6(2)7(8)11(5,9-3)10-4/h6-7H,8H2,1-5H3. The lowest BCUT2D eigenvalue weighted by atomic mass is 10.2. The Hall–Kier alpha value is 0.0969. The van der Waals surface area contributed by atoms with Crippen molar-refractivity contribution in [2.24, 2.45) is 11.7 Å². The van der Waals surface area contributed by atoms with Gasteiger partial charge in [0.25, 0.3) is 0 Å². The minimum absolute atomic E-state index is 0.0394. The molecular weight excluding hydrogens is 158 g/mol. The summed E-state index contributed by atoms with van der Waals surface area (Å²) in [6.45, 7) is 6.14. The molecular formula is C7H19NO2Si. The fourth-order valence-electron chi connectivity index (χ4n) is 0.961. The molecule has 0 saturated heterocycles. The summed E-state index contributed by atoms with van der Waals surface area (Å²) < 4.78 is 10.6. The number of hydrogen-bond donors (Lipinski definition) is 1. The number of hydrogen-bond acceptors (Lipinski definition) is 3. The fraction of sp³-hybridized carbons (Fsp3) is 1.00. The molecule has 0 aromatic carbocycles. The average molecular weight is 177 g/mol. The molecule has 68 valence electrons. The zero-order chi connectivity index (χ0) is 9.07. The molecule has 0 heterocycles. The molecule has 0 aromatic heterocycles. The van der Waals surface area contributed by atoms with Gasteiger partial charge in [-0.25, -0.2) is 0 Å². The molecule has 0 aliphatic carbocycles. The zero-order valence-corrected chi connectivity index (χ0v) is 9.05. The lowest BCUT2D eigenvalue weighted by Crippen LogP contribution is -2.56. The van der Waals surface area contributed by atoms with Crippen LogP contribution in [0.2, 0.25) is 6.55 Å². The molecule has 11 heavy (non-hydrogen) atoms. The van der Waals surface area contributed by atoms with Crippen molar-refractivity contribution in [1.29, 1.82) is 0 Å². The molecule has 0 amide bonds. The molecule has 1 atom stereocenters. The highest BCUT2D eigenvalue weighted by molar-refractivity contribution is 6.67. The average Bonchev–Trinajstić information content (AvgIpc) is 2.01.